The molecule has 0 aliphatic heterocycles. The second kappa shape index (κ2) is 6.74. The molecule has 0 amide bonds. The van der Waals surface area contributed by atoms with Gasteiger partial charge in [0.1, 0.15) is 5.75 Å². The van der Waals surface area contributed by atoms with Crippen LogP contribution in [-0.4, -0.2) is 31.3 Å². The van der Waals surface area contributed by atoms with E-state index in [1.807, 2.05) is 12.1 Å². The third kappa shape index (κ3) is 3.62. The highest BCUT2D eigenvalue weighted by molar-refractivity contribution is 5.85. The van der Waals surface area contributed by atoms with Crippen LogP contribution < -0.4 is 10.2 Å². The lowest BCUT2D eigenvalue weighted by molar-refractivity contribution is -0.133. The van der Waals surface area contributed by atoms with Gasteiger partial charge in [0.25, 0.3) is 0 Å². The first-order chi connectivity index (χ1) is 10.0. The summed E-state index contributed by atoms with van der Waals surface area (Å²) in [6.45, 7) is 3.64. The van der Waals surface area contributed by atoms with Crippen LogP contribution in [0.25, 0.3) is 0 Å². The number of hydrogen-bond acceptors (Lipinski definition) is 4. The summed E-state index contributed by atoms with van der Waals surface area (Å²) in [5.74, 6) is 0.0125. The minimum Gasteiger partial charge on any atom is -0.497 e. The minimum atomic E-state index is -0.942. The summed E-state index contributed by atoms with van der Waals surface area (Å²) in [7, 11) is 3.22. The van der Waals surface area contributed by atoms with Gasteiger partial charge < -0.3 is 14.7 Å². The molecular weight excluding hydrogens is 270 g/mol. The molecule has 0 saturated carbocycles. The van der Waals surface area contributed by atoms with Crippen LogP contribution in [0.2, 0.25) is 0 Å². The molecular formula is C16H21NO4. The molecule has 0 saturated heterocycles. The van der Waals surface area contributed by atoms with Gasteiger partial charge in [0.15, 0.2) is 0 Å². The molecule has 0 bridgehead atoms. The summed E-state index contributed by atoms with van der Waals surface area (Å²) in [5.41, 5.74) is 5.65. The standard InChI is InChI=1S/C16H21NO4/c1-10(16(18)19)6-13-7-12-8-14(20-2)5-4-11(12)9-15(13)17-21-3/h4-5,8,13,15,17H,1,6-7,9H2,2-3H3,(H,18,19). The summed E-state index contributed by atoms with van der Waals surface area (Å²) in [6, 6.07) is 6.10. The van der Waals surface area contributed by atoms with Gasteiger partial charge >= 0.3 is 5.97 Å². The molecule has 1 aliphatic carbocycles. The number of carbonyl (C=O) groups is 1. The Morgan fingerprint density at radius 2 is 2.14 bits per heavy atom. The summed E-state index contributed by atoms with van der Waals surface area (Å²) < 4.78 is 5.26. The Morgan fingerprint density at radius 3 is 2.76 bits per heavy atom. The molecule has 0 spiro atoms. The van der Waals surface area contributed by atoms with Gasteiger partial charge in [0.05, 0.1) is 14.2 Å². The van der Waals surface area contributed by atoms with E-state index in [2.05, 4.69) is 18.1 Å². The first kappa shape index (κ1) is 15.5. The number of carboxylic acids is 1. The normalized spacial score (nSPS) is 20.7. The van der Waals surface area contributed by atoms with Crippen molar-refractivity contribution >= 4 is 5.97 Å². The van der Waals surface area contributed by atoms with Crippen LogP contribution in [0.4, 0.5) is 0 Å². The van der Waals surface area contributed by atoms with E-state index < -0.39 is 5.97 Å². The molecule has 21 heavy (non-hydrogen) atoms. The van der Waals surface area contributed by atoms with E-state index in [-0.39, 0.29) is 17.5 Å². The van der Waals surface area contributed by atoms with Crippen molar-refractivity contribution in [2.45, 2.75) is 25.3 Å². The van der Waals surface area contributed by atoms with Crippen LogP contribution in [0.3, 0.4) is 0 Å². The van der Waals surface area contributed by atoms with Crippen LogP contribution in [0, 0.1) is 5.92 Å². The molecule has 0 heterocycles. The van der Waals surface area contributed by atoms with Crippen molar-refractivity contribution in [1.82, 2.24) is 5.48 Å². The van der Waals surface area contributed by atoms with Crippen LogP contribution in [0.5, 0.6) is 5.75 Å². The van der Waals surface area contributed by atoms with Crippen molar-refractivity contribution < 1.29 is 19.5 Å². The third-order valence-electron chi connectivity index (χ3n) is 3.98. The maximum atomic E-state index is 11.0. The monoisotopic (exact) mass is 291 g/mol. The average molecular weight is 291 g/mol. The Hall–Kier alpha value is -1.85. The number of carboxylic acid groups (broad SMARTS) is 1. The van der Waals surface area contributed by atoms with E-state index in [1.54, 1.807) is 14.2 Å². The highest BCUT2D eigenvalue weighted by atomic mass is 16.6. The number of ether oxygens (including phenoxy) is 1. The van der Waals surface area contributed by atoms with E-state index >= 15 is 0 Å². The van der Waals surface area contributed by atoms with Crippen molar-refractivity contribution in [3.05, 3.63) is 41.5 Å². The second-order valence-electron chi connectivity index (χ2n) is 5.34. The lowest BCUT2D eigenvalue weighted by Crippen LogP contribution is -2.41. The first-order valence-electron chi connectivity index (χ1n) is 6.90. The summed E-state index contributed by atoms with van der Waals surface area (Å²) in [4.78, 5) is 16.1. The summed E-state index contributed by atoms with van der Waals surface area (Å²) >= 11 is 0. The Labute approximate surface area is 124 Å². The van der Waals surface area contributed by atoms with Gasteiger partial charge in [-0.2, -0.15) is 5.48 Å². The van der Waals surface area contributed by atoms with E-state index in [4.69, 9.17) is 14.7 Å². The van der Waals surface area contributed by atoms with E-state index in [9.17, 15) is 4.79 Å². The molecule has 2 unspecified atom stereocenters. The van der Waals surface area contributed by atoms with E-state index in [1.165, 1.54) is 11.1 Å². The summed E-state index contributed by atoms with van der Waals surface area (Å²) in [5, 5.41) is 9.04. The maximum absolute atomic E-state index is 11.0. The Morgan fingerprint density at radius 1 is 1.38 bits per heavy atom. The van der Waals surface area contributed by atoms with Gasteiger partial charge in [-0.3, -0.25) is 0 Å². The van der Waals surface area contributed by atoms with Crippen LogP contribution in [0.15, 0.2) is 30.4 Å². The third-order valence-corrected chi connectivity index (χ3v) is 3.98. The minimum absolute atomic E-state index is 0.0759. The van der Waals surface area contributed by atoms with E-state index in [0.717, 1.165) is 18.6 Å². The number of benzene rings is 1. The Kier molecular flexibility index (Phi) is 4.98. The van der Waals surface area contributed by atoms with Gasteiger partial charge in [0, 0.05) is 11.6 Å². The highest BCUT2D eigenvalue weighted by Gasteiger charge is 2.30. The van der Waals surface area contributed by atoms with Gasteiger partial charge in [-0.15, -0.1) is 0 Å². The predicted octanol–water partition coefficient (Wildman–Crippen LogP) is 1.96. The molecule has 114 valence electrons. The lowest BCUT2D eigenvalue weighted by atomic mass is 9.77. The van der Waals surface area contributed by atoms with Crippen molar-refractivity contribution in [2.75, 3.05) is 14.2 Å². The fourth-order valence-corrected chi connectivity index (χ4v) is 2.85. The SMILES string of the molecule is C=C(CC1Cc2cc(OC)ccc2CC1NOC)C(=O)O. The average Bonchev–Trinajstić information content (AvgIpc) is 2.47. The Balaban J connectivity index is 2.21. The molecule has 0 fully saturated rings. The smallest absolute Gasteiger partial charge is 0.330 e. The zero-order valence-electron chi connectivity index (χ0n) is 12.4. The van der Waals surface area contributed by atoms with Crippen molar-refractivity contribution in [3.63, 3.8) is 0 Å². The molecule has 0 aromatic heterocycles. The number of hydroxylamine groups is 1. The van der Waals surface area contributed by atoms with Crippen molar-refractivity contribution in [2.24, 2.45) is 5.92 Å². The van der Waals surface area contributed by atoms with Gasteiger partial charge in [-0.05, 0) is 48.4 Å². The fourth-order valence-electron chi connectivity index (χ4n) is 2.85. The van der Waals surface area contributed by atoms with Gasteiger partial charge in [-0.1, -0.05) is 12.6 Å². The highest BCUT2D eigenvalue weighted by Crippen LogP contribution is 2.32. The number of nitrogens with one attached hydrogen (secondary N) is 1. The zero-order chi connectivity index (χ0) is 15.4. The molecule has 5 heteroatoms. The number of fused-ring (bicyclic) bond motifs is 1. The molecule has 5 nitrogen and oxygen atoms in total. The zero-order valence-corrected chi connectivity index (χ0v) is 12.4. The maximum Gasteiger partial charge on any atom is 0.330 e. The number of aliphatic carboxylic acids is 1. The second-order valence-corrected chi connectivity index (χ2v) is 5.34. The number of hydrogen-bond donors (Lipinski definition) is 2. The molecule has 1 aliphatic rings. The quantitative estimate of drug-likeness (QED) is 0.619. The Bertz CT molecular complexity index is 541. The van der Waals surface area contributed by atoms with Gasteiger partial charge in [0.2, 0.25) is 0 Å². The summed E-state index contributed by atoms with van der Waals surface area (Å²) in [6.07, 6.45) is 2.01. The molecule has 2 atom stereocenters. The number of rotatable bonds is 6. The molecule has 1 aromatic rings. The lowest BCUT2D eigenvalue weighted by Gasteiger charge is -2.33. The van der Waals surface area contributed by atoms with E-state index in [0.29, 0.717) is 6.42 Å². The number of methoxy groups -OCH3 is 1. The van der Waals surface area contributed by atoms with Crippen LogP contribution in [0.1, 0.15) is 17.5 Å². The topological polar surface area (TPSA) is 67.8 Å². The molecule has 2 rings (SSSR count). The first-order valence-corrected chi connectivity index (χ1v) is 6.90. The predicted molar refractivity (Wildman–Crippen MR) is 79.2 cm³/mol. The largest absolute Gasteiger partial charge is 0.497 e. The van der Waals surface area contributed by atoms with Gasteiger partial charge in [-0.25, -0.2) is 4.79 Å². The molecule has 1 aromatic carbocycles. The molecule has 0 radical (unpaired) electrons. The van der Waals surface area contributed by atoms with Crippen molar-refractivity contribution in [1.29, 1.82) is 0 Å². The van der Waals surface area contributed by atoms with Crippen molar-refractivity contribution in [3.8, 4) is 5.75 Å². The fraction of sp³-hybridized carbons (Fsp3) is 0.438. The van der Waals surface area contributed by atoms with Crippen LogP contribution in [-0.2, 0) is 22.5 Å². The van der Waals surface area contributed by atoms with Crippen LogP contribution >= 0.6 is 0 Å². The molecule has 2 N–H and O–H groups in total.